The second-order valence-corrected chi connectivity index (χ2v) is 7.43. The molecule has 0 saturated heterocycles. The normalized spacial score (nSPS) is 19.8. The minimum atomic E-state index is -1.29. The van der Waals surface area contributed by atoms with Gasteiger partial charge in [0.15, 0.2) is 0 Å². The lowest BCUT2D eigenvalue weighted by molar-refractivity contribution is 0.102. The molecule has 128 valence electrons. The van der Waals surface area contributed by atoms with Gasteiger partial charge < -0.3 is 5.32 Å². The van der Waals surface area contributed by atoms with E-state index >= 15 is 0 Å². The highest BCUT2D eigenvalue weighted by atomic mass is 19.1. The first-order chi connectivity index (χ1) is 11.2. The number of aryl methyl sites for hydroxylation is 1. The van der Waals surface area contributed by atoms with Crippen molar-refractivity contribution in [2.75, 3.05) is 5.32 Å². The van der Waals surface area contributed by atoms with Crippen LogP contribution in [0.4, 0.5) is 10.1 Å². The summed E-state index contributed by atoms with van der Waals surface area (Å²) in [5, 5.41) is 7.04. The Morgan fingerprint density at radius 3 is 2.83 bits per heavy atom. The lowest BCUT2D eigenvalue weighted by atomic mass is 9.86. The molecule has 1 aromatic carbocycles. The van der Waals surface area contributed by atoms with E-state index in [0.29, 0.717) is 5.92 Å². The topological polar surface area (TPSA) is 46.9 Å². The van der Waals surface area contributed by atoms with Gasteiger partial charge in [-0.15, -0.1) is 0 Å². The minimum Gasteiger partial charge on any atom is -0.322 e. The van der Waals surface area contributed by atoms with Crippen molar-refractivity contribution in [3.05, 3.63) is 46.8 Å². The van der Waals surface area contributed by atoms with Crippen LogP contribution in [-0.2, 0) is 12.5 Å². The summed E-state index contributed by atoms with van der Waals surface area (Å²) in [6.07, 6.45) is 1.33. The van der Waals surface area contributed by atoms with Crippen LogP contribution < -0.4 is 5.32 Å². The van der Waals surface area contributed by atoms with Crippen LogP contribution in [0, 0.1) is 0 Å². The molecule has 24 heavy (non-hydrogen) atoms. The number of rotatable bonds is 3. The highest BCUT2D eigenvalue weighted by molar-refractivity contribution is 6.05. The Hall–Kier alpha value is -2.17. The van der Waals surface area contributed by atoms with E-state index in [1.54, 1.807) is 13.2 Å². The Kier molecular flexibility index (Phi) is 3.98. The van der Waals surface area contributed by atoms with Crippen LogP contribution in [0.1, 0.15) is 73.4 Å². The molecule has 0 spiro atoms. The van der Waals surface area contributed by atoms with E-state index < -0.39 is 6.17 Å². The molecule has 0 radical (unpaired) electrons. The number of hydrogen-bond acceptors (Lipinski definition) is 2. The van der Waals surface area contributed by atoms with Crippen LogP contribution >= 0.6 is 0 Å². The van der Waals surface area contributed by atoms with Gasteiger partial charge in [0, 0.05) is 18.9 Å². The van der Waals surface area contributed by atoms with Gasteiger partial charge in [-0.1, -0.05) is 32.9 Å². The van der Waals surface area contributed by atoms with Gasteiger partial charge in [-0.3, -0.25) is 9.48 Å². The third-order valence-corrected chi connectivity index (χ3v) is 4.87. The smallest absolute Gasteiger partial charge is 0.259 e. The van der Waals surface area contributed by atoms with E-state index in [4.69, 9.17) is 0 Å². The molecule has 1 unspecified atom stereocenters. The number of benzene rings is 1. The molecular weight excluding hydrogens is 305 g/mol. The maximum atomic E-state index is 13.7. The second kappa shape index (κ2) is 5.72. The zero-order chi connectivity index (χ0) is 17.6. The standard InChI is InChI=1S/C19H24FN3O/c1-11-9-19(3,4)14-7-6-8-15(16(11)14)21-18(24)13-10-23(5)22-17(13)12(2)20/h6-8,10-12H,9H2,1-5H3,(H,21,24)/t11-,12?/m1/s1. The van der Waals surface area contributed by atoms with Gasteiger partial charge in [0.25, 0.3) is 5.91 Å². The second-order valence-electron chi connectivity index (χ2n) is 7.43. The number of fused-ring (bicyclic) bond motifs is 1. The lowest BCUT2D eigenvalue weighted by Crippen LogP contribution is -2.16. The summed E-state index contributed by atoms with van der Waals surface area (Å²) in [5.74, 6) is 0.0628. The van der Waals surface area contributed by atoms with Crippen LogP contribution in [0.2, 0.25) is 0 Å². The number of carbonyl (C=O) groups is 1. The molecule has 2 atom stereocenters. The van der Waals surface area contributed by atoms with Crippen molar-refractivity contribution < 1.29 is 9.18 Å². The van der Waals surface area contributed by atoms with Crippen LogP contribution in [0.5, 0.6) is 0 Å². The van der Waals surface area contributed by atoms with E-state index in [2.05, 4.69) is 37.3 Å². The first-order valence-corrected chi connectivity index (χ1v) is 8.33. The number of carbonyl (C=O) groups excluding carboxylic acids is 1. The highest BCUT2D eigenvalue weighted by Gasteiger charge is 2.36. The maximum Gasteiger partial charge on any atom is 0.259 e. The van der Waals surface area contributed by atoms with E-state index in [0.717, 1.165) is 12.1 Å². The average molecular weight is 329 g/mol. The number of anilines is 1. The Morgan fingerprint density at radius 2 is 2.17 bits per heavy atom. The fourth-order valence-electron chi connectivity index (χ4n) is 3.94. The predicted octanol–water partition coefficient (Wildman–Crippen LogP) is 4.49. The molecule has 1 aliphatic carbocycles. The van der Waals surface area contributed by atoms with Gasteiger partial charge in [-0.25, -0.2) is 4.39 Å². The van der Waals surface area contributed by atoms with Crippen LogP contribution in [0.25, 0.3) is 0 Å². The quantitative estimate of drug-likeness (QED) is 0.902. The summed E-state index contributed by atoms with van der Waals surface area (Å²) in [5.41, 5.74) is 3.85. The van der Waals surface area contributed by atoms with Crippen molar-refractivity contribution in [3.8, 4) is 0 Å². The van der Waals surface area contributed by atoms with E-state index in [9.17, 15) is 9.18 Å². The molecule has 0 aliphatic heterocycles. The summed E-state index contributed by atoms with van der Waals surface area (Å²) in [6.45, 7) is 8.03. The molecule has 0 saturated carbocycles. The third kappa shape index (κ3) is 2.72. The Balaban J connectivity index is 1.96. The number of halogens is 1. The molecule has 0 fully saturated rings. The molecule has 1 aliphatic rings. The molecule has 1 aromatic heterocycles. The number of alkyl halides is 1. The summed E-state index contributed by atoms with van der Waals surface area (Å²) < 4.78 is 15.2. The van der Waals surface area contributed by atoms with E-state index in [-0.39, 0.29) is 22.6 Å². The molecule has 1 amide bonds. The van der Waals surface area contributed by atoms with Crippen LogP contribution in [0.3, 0.4) is 0 Å². The van der Waals surface area contributed by atoms with E-state index in [1.165, 1.54) is 22.7 Å². The van der Waals surface area contributed by atoms with Crippen molar-refractivity contribution in [2.24, 2.45) is 7.05 Å². The largest absolute Gasteiger partial charge is 0.322 e. The zero-order valence-corrected chi connectivity index (χ0v) is 14.9. The van der Waals surface area contributed by atoms with Crippen molar-refractivity contribution in [1.29, 1.82) is 0 Å². The molecule has 0 bridgehead atoms. The lowest BCUT2D eigenvalue weighted by Gasteiger charge is -2.19. The Bertz CT molecular complexity index is 792. The molecule has 2 aromatic rings. The summed E-state index contributed by atoms with van der Waals surface area (Å²) >= 11 is 0. The molecule has 4 nitrogen and oxygen atoms in total. The van der Waals surface area contributed by atoms with Crippen molar-refractivity contribution in [1.82, 2.24) is 9.78 Å². The SMILES string of the molecule is CC(F)c1nn(C)cc1C(=O)Nc1cccc2c1[C@H](C)CC2(C)C. The summed E-state index contributed by atoms with van der Waals surface area (Å²) in [7, 11) is 1.69. The fourth-order valence-corrected chi connectivity index (χ4v) is 3.94. The average Bonchev–Trinajstić information content (AvgIpc) is 2.98. The third-order valence-electron chi connectivity index (χ3n) is 4.87. The fraction of sp³-hybridized carbons (Fsp3) is 0.474. The van der Waals surface area contributed by atoms with Crippen LogP contribution in [0.15, 0.2) is 24.4 Å². The van der Waals surface area contributed by atoms with Gasteiger partial charge in [0.1, 0.15) is 11.9 Å². The number of nitrogens with one attached hydrogen (secondary N) is 1. The number of nitrogens with zero attached hydrogens (tertiary/aromatic N) is 2. The Morgan fingerprint density at radius 1 is 1.46 bits per heavy atom. The molecule has 5 heteroatoms. The maximum absolute atomic E-state index is 13.7. The van der Waals surface area contributed by atoms with Gasteiger partial charge in [0.2, 0.25) is 0 Å². The van der Waals surface area contributed by atoms with Gasteiger partial charge in [-0.2, -0.15) is 5.10 Å². The molecule has 1 N–H and O–H groups in total. The Labute approximate surface area is 142 Å². The monoisotopic (exact) mass is 329 g/mol. The first-order valence-electron chi connectivity index (χ1n) is 8.33. The van der Waals surface area contributed by atoms with E-state index in [1.807, 2.05) is 12.1 Å². The zero-order valence-electron chi connectivity index (χ0n) is 14.9. The molecular formula is C19H24FN3O. The predicted molar refractivity (Wildman–Crippen MR) is 93.2 cm³/mol. The van der Waals surface area contributed by atoms with Crippen molar-refractivity contribution >= 4 is 11.6 Å². The number of hydrogen-bond donors (Lipinski definition) is 1. The van der Waals surface area contributed by atoms with Gasteiger partial charge in [-0.05, 0) is 41.9 Å². The molecule has 3 rings (SSSR count). The number of amides is 1. The van der Waals surface area contributed by atoms with Crippen molar-refractivity contribution in [3.63, 3.8) is 0 Å². The minimum absolute atomic E-state index is 0.0996. The molecule has 1 heterocycles. The van der Waals surface area contributed by atoms with Crippen LogP contribution in [-0.4, -0.2) is 15.7 Å². The van der Waals surface area contributed by atoms with Crippen molar-refractivity contribution in [2.45, 2.75) is 51.6 Å². The highest BCUT2D eigenvalue weighted by Crippen LogP contribution is 2.48. The summed E-state index contributed by atoms with van der Waals surface area (Å²) in [4.78, 5) is 12.7. The summed E-state index contributed by atoms with van der Waals surface area (Å²) in [6, 6.07) is 6.02. The first kappa shape index (κ1) is 16.7. The van der Waals surface area contributed by atoms with Gasteiger partial charge >= 0.3 is 0 Å². The number of aromatic nitrogens is 2. The van der Waals surface area contributed by atoms with Gasteiger partial charge in [0.05, 0.1) is 5.56 Å².